The van der Waals surface area contributed by atoms with Crippen molar-refractivity contribution in [1.82, 2.24) is 0 Å². The first-order chi connectivity index (χ1) is 10.2. The molecule has 0 aliphatic heterocycles. The molecule has 0 radical (unpaired) electrons. The van der Waals surface area contributed by atoms with Crippen molar-refractivity contribution >= 4 is 5.97 Å². The maximum absolute atomic E-state index is 11.1. The molecule has 3 nitrogen and oxygen atoms in total. The van der Waals surface area contributed by atoms with E-state index in [2.05, 4.69) is 13.5 Å². The van der Waals surface area contributed by atoms with E-state index >= 15 is 0 Å². The summed E-state index contributed by atoms with van der Waals surface area (Å²) < 4.78 is 10.7. The smallest absolute Gasteiger partial charge is 0.333 e. The number of rotatable bonds is 15. The van der Waals surface area contributed by atoms with Crippen LogP contribution >= 0.6 is 0 Å². The van der Waals surface area contributed by atoms with Gasteiger partial charge in [-0.1, -0.05) is 52.0 Å². The third-order valence-electron chi connectivity index (χ3n) is 3.41. The van der Waals surface area contributed by atoms with Crippen molar-refractivity contribution in [2.75, 3.05) is 19.8 Å². The molecule has 0 aliphatic carbocycles. The van der Waals surface area contributed by atoms with Gasteiger partial charge in [-0.15, -0.1) is 0 Å². The standard InChI is InChI=1S/C18H34O3/c1-4-5-6-7-8-11-14-20-15-12-9-10-13-16-21-18(19)17(2)3/h2,4-16H2,1,3H3. The molecule has 0 aliphatic rings. The summed E-state index contributed by atoms with van der Waals surface area (Å²) in [6.45, 7) is 9.73. The molecule has 0 aromatic heterocycles. The van der Waals surface area contributed by atoms with Crippen LogP contribution in [-0.4, -0.2) is 25.8 Å². The minimum Gasteiger partial charge on any atom is -0.462 e. The second-order valence-corrected chi connectivity index (χ2v) is 5.71. The molecule has 0 bridgehead atoms. The van der Waals surface area contributed by atoms with Crippen LogP contribution in [0.4, 0.5) is 0 Å². The van der Waals surface area contributed by atoms with E-state index in [9.17, 15) is 4.79 Å². The second-order valence-electron chi connectivity index (χ2n) is 5.71. The largest absolute Gasteiger partial charge is 0.462 e. The van der Waals surface area contributed by atoms with Crippen LogP contribution < -0.4 is 0 Å². The molecule has 0 aromatic carbocycles. The van der Waals surface area contributed by atoms with E-state index in [0.717, 1.165) is 38.9 Å². The van der Waals surface area contributed by atoms with Gasteiger partial charge >= 0.3 is 5.97 Å². The Labute approximate surface area is 131 Å². The number of hydrogen-bond donors (Lipinski definition) is 0. The number of unbranched alkanes of at least 4 members (excludes halogenated alkanes) is 8. The second kappa shape index (κ2) is 15.6. The molecular weight excluding hydrogens is 264 g/mol. The maximum Gasteiger partial charge on any atom is 0.333 e. The van der Waals surface area contributed by atoms with Gasteiger partial charge in [0.25, 0.3) is 0 Å². The van der Waals surface area contributed by atoms with E-state index in [0.29, 0.717) is 12.2 Å². The van der Waals surface area contributed by atoms with Crippen molar-refractivity contribution in [1.29, 1.82) is 0 Å². The van der Waals surface area contributed by atoms with Gasteiger partial charge in [-0.3, -0.25) is 0 Å². The van der Waals surface area contributed by atoms with Crippen LogP contribution in [0.5, 0.6) is 0 Å². The van der Waals surface area contributed by atoms with Gasteiger partial charge in [-0.05, 0) is 32.6 Å². The van der Waals surface area contributed by atoms with Crippen LogP contribution in [0.25, 0.3) is 0 Å². The number of hydrogen-bond acceptors (Lipinski definition) is 3. The van der Waals surface area contributed by atoms with E-state index in [1.807, 2.05) is 0 Å². The van der Waals surface area contributed by atoms with Crippen molar-refractivity contribution in [3.8, 4) is 0 Å². The predicted octanol–water partition coefficient (Wildman–Crippen LogP) is 5.04. The van der Waals surface area contributed by atoms with Gasteiger partial charge in [0.2, 0.25) is 0 Å². The molecule has 0 N–H and O–H groups in total. The lowest BCUT2D eigenvalue weighted by molar-refractivity contribution is -0.139. The first-order valence-electron chi connectivity index (χ1n) is 8.58. The summed E-state index contributed by atoms with van der Waals surface area (Å²) in [5.41, 5.74) is 0.470. The quantitative estimate of drug-likeness (QED) is 0.241. The highest BCUT2D eigenvalue weighted by Crippen LogP contribution is 2.06. The first kappa shape index (κ1) is 20.2. The van der Waals surface area contributed by atoms with Crippen molar-refractivity contribution < 1.29 is 14.3 Å². The van der Waals surface area contributed by atoms with Gasteiger partial charge in [-0.2, -0.15) is 0 Å². The molecule has 0 saturated carbocycles. The van der Waals surface area contributed by atoms with Crippen LogP contribution in [0, 0.1) is 0 Å². The fourth-order valence-electron chi connectivity index (χ4n) is 2.03. The fourth-order valence-corrected chi connectivity index (χ4v) is 2.03. The Morgan fingerprint density at radius 3 is 1.81 bits per heavy atom. The van der Waals surface area contributed by atoms with Crippen LogP contribution in [0.15, 0.2) is 12.2 Å². The molecule has 0 atom stereocenters. The molecule has 0 heterocycles. The Hall–Kier alpha value is -0.830. The summed E-state index contributed by atoms with van der Waals surface area (Å²) in [6.07, 6.45) is 12.1. The predicted molar refractivity (Wildman–Crippen MR) is 88.4 cm³/mol. The lowest BCUT2D eigenvalue weighted by Gasteiger charge is -2.05. The van der Waals surface area contributed by atoms with Gasteiger partial charge in [-0.25, -0.2) is 4.79 Å². The maximum atomic E-state index is 11.1. The zero-order valence-corrected chi connectivity index (χ0v) is 14.1. The summed E-state index contributed by atoms with van der Waals surface area (Å²) in [5, 5.41) is 0. The molecule has 0 aromatic rings. The normalized spacial score (nSPS) is 10.6. The SMILES string of the molecule is C=C(C)C(=O)OCCCCCCOCCCCCCCC. The lowest BCUT2D eigenvalue weighted by atomic mass is 10.1. The molecule has 124 valence electrons. The van der Waals surface area contributed by atoms with Gasteiger partial charge < -0.3 is 9.47 Å². The summed E-state index contributed by atoms with van der Waals surface area (Å²) in [5.74, 6) is -0.280. The Balaban J connectivity index is 3.06. The minimum atomic E-state index is -0.280. The molecule has 0 saturated heterocycles. The van der Waals surface area contributed by atoms with E-state index in [-0.39, 0.29) is 5.97 Å². The molecule has 0 fully saturated rings. The lowest BCUT2D eigenvalue weighted by Crippen LogP contribution is -2.06. The van der Waals surface area contributed by atoms with Gasteiger partial charge in [0.1, 0.15) is 0 Å². The average molecular weight is 298 g/mol. The van der Waals surface area contributed by atoms with Gasteiger partial charge in [0.05, 0.1) is 6.61 Å². The van der Waals surface area contributed by atoms with Crippen LogP contribution in [0.2, 0.25) is 0 Å². The van der Waals surface area contributed by atoms with Gasteiger partial charge in [0.15, 0.2) is 0 Å². The zero-order valence-electron chi connectivity index (χ0n) is 14.1. The van der Waals surface area contributed by atoms with Gasteiger partial charge in [0, 0.05) is 18.8 Å². The summed E-state index contributed by atoms with van der Waals surface area (Å²) in [4.78, 5) is 11.1. The van der Waals surface area contributed by atoms with Crippen LogP contribution in [0.3, 0.4) is 0 Å². The summed E-state index contributed by atoms with van der Waals surface area (Å²) in [7, 11) is 0. The molecule has 3 heteroatoms. The highest BCUT2D eigenvalue weighted by molar-refractivity contribution is 5.86. The van der Waals surface area contributed by atoms with Crippen LogP contribution in [0.1, 0.15) is 78.1 Å². The Kier molecular flexibility index (Phi) is 14.9. The zero-order chi connectivity index (χ0) is 15.8. The molecule has 0 spiro atoms. The average Bonchev–Trinajstić information content (AvgIpc) is 2.47. The number of carbonyl (C=O) groups is 1. The molecule has 0 amide bonds. The monoisotopic (exact) mass is 298 g/mol. The number of esters is 1. The highest BCUT2D eigenvalue weighted by Gasteiger charge is 2.01. The number of ether oxygens (including phenoxy) is 2. The molecule has 0 rings (SSSR count). The fraction of sp³-hybridized carbons (Fsp3) is 0.833. The van der Waals surface area contributed by atoms with Crippen molar-refractivity contribution in [2.45, 2.75) is 78.1 Å². The topological polar surface area (TPSA) is 35.5 Å². The highest BCUT2D eigenvalue weighted by atomic mass is 16.5. The summed E-state index contributed by atoms with van der Waals surface area (Å²) in [6, 6.07) is 0. The van der Waals surface area contributed by atoms with E-state index in [1.54, 1.807) is 6.92 Å². The van der Waals surface area contributed by atoms with Crippen molar-refractivity contribution in [3.05, 3.63) is 12.2 Å². The molecule has 0 unspecified atom stereocenters. The Morgan fingerprint density at radius 1 is 0.810 bits per heavy atom. The van der Waals surface area contributed by atoms with Crippen molar-refractivity contribution in [2.24, 2.45) is 0 Å². The third-order valence-corrected chi connectivity index (χ3v) is 3.41. The Bertz CT molecular complexity index is 261. The van der Waals surface area contributed by atoms with Crippen molar-refractivity contribution in [3.63, 3.8) is 0 Å². The molecule has 21 heavy (non-hydrogen) atoms. The van der Waals surface area contributed by atoms with E-state index in [4.69, 9.17) is 9.47 Å². The first-order valence-corrected chi connectivity index (χ1v) is 8.58. The molecular formula is C18H34O3. The Morgan fingerprint density at radius 2 is 1.29 bits per heavy atom. The third kappa shape index (κ3) is 15.4. The number of carbonyl (C=O) groups excluding carboxylic acids is 1. The van der Waals surface area contributed by atoms with E-state index < -0.39 is 0 Å². The van der Waals surface area contributed by atoms with Crippen LogP contribution in [-0.2, 0) is 14.3 Å². The summed E-state index contributed by atoms with van der Waals surface area (Å²) >= 11 is 0. The minimum absolute atomic E-state index is 0.280. The van der Waals surface area contributed by atoms with E-state index in [1.165, 1.54) is 38.5 Å².